The number of hydrogen-bond donors (Lipinski definition) is 2. The molecule has 1 atom stereocenters. The third-order valence-electron chi connectivity index (χ3n) is 3.38. The summed E-state index contributed by atoms with van der Waals surface area (Å²) in [5, 5.41) is 6.53. The highest BCUT2D eigenvalue weighted by Crippen LogP contribution is 2.20. The van der Waals surface area contributed by atoms with Crippen LogP contribution in [0.25, 0.3) is 0 Å². The Labute approximate surface area is 119 Å². The van der Waals surface area contributed by atoms with Crippen molar-refractivity contribution in [2.75, 3.05) is 18.1 Å². The van der Waals surface area contributed by atoms with E-state index in [1.165, 1.54) is 0 Å². The van der Waals surface area contributed by atoms with Crippen molar-refractivity contribution in [2.45, 2.75) is 31.8 Å². The lowest BCUT2D eigenvalue weighted by Crippen LogP contribution is -2.46. The molecule has 1 amide bonds. The van der Waals surface area contributed by atoms with E-state index in [-0.39, 0.29) is 11.4 Å². The van der Waals surface area contributed by atoms with Crippen LogP contribution in [0, 0.1) is 0 Å². The van der Waals surface area contributed by atoms with Gasteiger partial charge in [0, 0.05) is 30.5 Å². The van der Waals surface area contributed by atoms with Crippen molar-refractivity contribution in [3.63, 3.8) is 0 Å². The molecule has 104 valence electrons. The lowest BCUT2D eigenvalue weighted by Gasteiger charge is -2.29. The smallest absolute Gasteiger partial charge is 0.222 e. The number of carbonyl (C=O) groups is 1. The van der Waals surface area contributed by atoms with E-state index >= 15 is 0 Å². The molecular weight excluding hydrogens is 256 g/mol. The average molecular weight is 278 g/mol. The largest absolute Gasteiger partial charge is 0.347 e. The summed E-state index contributed by atoms with van der Waals surface area (Å²) in [5.41, 5.74) is 0.814. The first-order valence-corrected chi connectivity index (χ1v) is 7.91. The summed E-state index contributed by atoms with van der Waals surface area (Å²) in [6, 6.07) is 10.4. The van der Waals surface area contributed by atoms with Crippen LogP contribution in [0.2, 0.25) is 0 Å². The summed E-state index contributed by atoms with van der Waals surface area (Å²) in [4.78, 5) is 12.1. The van der Waals surface area contributed by atoms with Crippen LogP contribution in [-0.2, 0) is 10.3 Å². The quantitative estimate of drug-likeness (QED) is 0.886. The van der Waals surface area contributed by atoms with Gasteiger partial charge in [-0.1, -0.05) is 30.3 Å². The predicted molar refractivity (Wildman–Crippen MR) is 81.3 cm³/mol. The summed E-state index contributed by atoms with van der Waals surface area (Å²) in [5.74, 6) is 2.29. The highest BCUT2D eigenvalue weighted by atomic mass is 32.2. The van der Waals surface area contributed by atoms with Crippen LogP contribution < -0.4 is 10.6 Å². The Morgan fingerprint density at radius 1 is 1.42 bits per heavy atom. The first kappa shape index (κ1) is 14.4. The molecule has 1 aliphatic heterocycles. The molecule has 19 heavy (non-hydrogen) atoms. The number of thioether (sulfide) groups is 1. The monoisotopic (exact) mass is 278 g/mol. The van der Waals surface area contributed by atoms with Gasteiger partial charge < -0.3 is 10.6 Å². The second-order valence-corrected chi connectivity index (χ2v) is 6.62. The highest BCUT2D eigenvalue weighted by Gasteiger charge is 2.24. The Kier molecular flexibility index (Phi) is 4.88. The van der Waals surface area contributed by atoms with Gasteiger partial charge >= 0.3 is 0 Å². The molecule has 2 rings (SSSR count). The average Bonchev–Trinajstić information content (AvgIpc) is 2.40. The zero-order valence-corrected chi connectivity index (χ0v) is 12.4. The van der Waals surface area contributed by atoms with Crippen molar-refractivity contribution in [2.24, 2.45) is 0 Å². The normalized spacial score (nSPS) is 20.0. The van der Waals surface area contributed by atoms with Gasteiger partial charge in [0.25, 0.3) is 0 Å². The first-order valence-electron chi connectivity index (χ1n) is 6.75. The standard InChI is InChI=1S/C15H22N2OS/c1-15(2,12-6-4-3-5-7-12)17-14(18)10-13-11-19-9-8-16-13/h3-7,13,16H,8-11H2,1-2H3,(H,17,18). The number of nitrogens with one attached hydrogen (secondary N) is 2. The Morgan fingerprint density at radius 3 is 2.79 bits per heavy atom. The van der Waals surface area contributed by atoms with Crippen LogP contribution >= 0.6 is 11.8 Å². The van der Waals surface area contributed by atoms with Crippen LogP contribution in [-0.4, -0.2) is 30.0 Å². The molecule has 0 saturated carbocycles. The summed E-state index contributed by atoms with van der Waals surface area (Å²) in [6.45, 7) is 5.09. The van der Waals surface area contributed by atoms with Crippen molar-refractivity contribution >= 4 is 17.7 Å². The topological polar surface area (TPSA) is 41.1 Å². The van der Waals surface area contributed by atoms with Gasteiger partial charge in [-0.25, -0.2) is 0 Å². The molecule has 4 heteroatoms. The maximum absolute atomic E-state index is 12.1. The van der Waals surface area contributed by atoms with E-state index in [2.05, 4.69) is 22.8 Å². The predicted octanol–water partition coefficient (Wildman–Crippen LogP) is 2.13. The molecule has 0 aromatic heterocycles. The van der Waals surface area contributed by atoms with Crippen molar-refractivity contribution in [1.82, 2.24) is 10.6 Å². The number of amides is 1. The van der Waals surface area contributed by atoms with E-state index in [1.54, 1.807) is 0 Å². The Morgan fingerprint density at radius 2 is 2.16 bits per heavy atom. The van der Waals surface area contributed by atoms with Crippen LogP contribution in [0.1, 0.15) is 25.8 Å². The minimum absolute atomic E-state index is 0.119. The minimum atomic E-state index is -0.319. The molecule has 1 fully saturated rings. The van der Waals surface area contributed by atoms with Gasteiger partial charge in [-0.15, -0.1) is 0 Å². The Hall–Kier alpha value is -1.00. The molecule has 3 nitrogen and oxygen atoms in total. The zero-order valence-electron chi connectivity index (χ0n) is 11.6. The molecular formula is C15H22N2OS. The molecule has 0 aliphatic carbocycles. The van der Waals surface area contributed by atoms with Gasteiger partial charge in [-0.05, 0) is 19.4 Å². The van der Waals surface area contributed by atoms with Crippen LogP contribution in [0.4, 0.5) is 0 Å². The third kappa shape index (κ3) is 4.25. The molecule has 0 bridgehead atoms. The zero-order chi connectivity index (χ0) is 13.7. The molecule has 1 aromatic rings. The van der Waals surface area contributed by atoms with Gasteiger partial charge in [-0.3, -0.25) is 4.79 Å². The second-order valence-electron chi connectivity index (χ2n) is 5.47. The Bertz CT molecular complexity index is 413. The van der Waals surface area contributed by atoms with E-state index in [0.29, 0.717) is 12.5 Å². The molecule has 0 spiro atoms. The maximum atomic E-state index is 12.1. The molecule has 1 heterocycles. The van der Waals surface area contributed by atoms with Crippen molar-refractivity contribution in [3.05, 3.63) is 35.9 Å². The number of benzene rings is 1. The van der Waals surface area contributed by atoms with Gasteiger partial charge in [0.05, 0.1) is 5.54 Å². The second kappa shape index (κ2) is 6.44. The van der Waals surface area contributed by atoms with Crippen LogP contribution in [0.15, 0.2) is 30.3 Å². The summed E-state index contributed by atoms with van der Waals surface area (Å²) >= 11 is 1.92. The molecule has 1 aliphatic rings. The number of carbonyl (C=O) groups excluding carboxylic acids is 1. The van der Waals surface area contributed by atoms with E-state index in [4.69, 9.17) is 0 Å². The number of rotatable bonds is 4. The fourth-order valence-electron chi connectivity index (χ4n) is 2.30. The molecule has 1 saturated heterocycles. The van der Waals surface area contributed by atoms with E-state index < -0.39 is 0 Å². The van der Waals surface area contributed by atoms with Crippen molar-refractivity contribution in [1.29, 1.82) is 0 Å². The van der Waals surface area contributed by atoms with Gasteiger partial charge in [-0.2, -0.15) is 11.8 Å². The van der Waals surface area contributed by atoms with E-state index in [9.17, 15) is 4.79 Å². The van der Waals surface area contributed by atoms with Gasteiger partial charge in [0.15, 0.2) is 0 Å². The van der Waals surface area contributed by atoms with Crippen LogP contribution in [0.3, 0.4) is 0 Å². The lowest BCUT2D eigenvalue weighted by atomic mass is 9.94. The fourth-order valence-corrected chi connectivity index (χ4v) is 3.25. The maximum Gasteiger partial charge on any atom is 0.222 e. The number of hydrogen-bond acceptors (Lipinski definition) is 3. The SMILES string of the molecule is CC(C)(NC(=O)CC1CSCCN1)c1ccccc1. The van der Waals surface area contributed by atoms with E-state index in [1.807, 2.05) is 43.8 Å². The van der Waals surface area contributed by atoms with Crippen molar-refractivity contribution < 1.29 is 4.79 Å². The van der Waals surface area contributed by atoms with Gasteiger partial charge in [0.2, 0.25) is 5.91 Å². The van der Waals surface area contributed by atoms with Crippen LogP contribution in [0.5, 0.6) is 0 Å². The summed E-state index contributed by atoms with van der Waals surface area (Å²) in [6.07, 6.45) is 0.559. The molecule has 2 N–H and O–H groups in total. The summed E-state index contributed by atoms with van der Waals surface area (Å²) < 4.78 is 0. The van der Waals surface area contributed by atoms with E-state index in [0.717, 1.165) is 23.6 Å². The molecule has 0 radical (unpaired) electrons. The highest BCUT2D eigenvalue weighted by molar-refractivity contribution is 7.99. The lowest BCUT2D eigenvalue weighted by molar-refractivity contribution is -0.123. The minimum Gasteiger partial charge on any atom is -0.347 e. The molecule has 1 unspecified atom stereocenters. The molecule has 1 aromatic carbocycles. The third-order valence-corrected chi connectivity index (χ3v) is 4.51. The summed E-state index contributed by atoms with van der Waals surface area (Å²) in [7, 11) is 0. The van der Waals surface area contributed by atoms with Crippen molar-refractivity contribution in [3.8, 4) is 0 Å². The fraction of sp³-hybridized carbons (Fsp3) is 0.533. The first-order chi connectivity index (χ1) is 9.08. The van der Waals surface area contributed by atoms with Gasteiger partial charge in [0.1, 0.15) is 0 Å². The Balaban J connectivity index is 1.90.